The number of hydrogen-bond acceptors (Lipinski definition) is 6. The molecule has 20 heavy (non-hydrogen) atoms. The molecule has 0 aliphatic heterocycles. The van der Waals surface area contributed by atoms with Crippen LogP contribution in [-0.2, 0) is 0 Å². The molecule has 7 nitrogen and oxygen atoms in total. The van der Waals surface area contributed by atoms with Crippen LogP contribution < -0.4 is 10.1 Å². The number of anilines is 2. The molecule has 0 amide bonds. The van der Waals surface area contributed by atoms with Crippen molar-refractivity contribution < 1.29 is 9.66 Å². The van der Waals surface area contributed by atoms with Crippen LogP contribution in [0.25, 0.3) is 0 Å². The average Bonchev–Trinajstić information content (AvgIpc) is 2.40. The highest BCUT2D eigenvalue weighted by atomic mass is 79.9. The highest BCUT2D eigenvalue weighted by Crippen LogP contribution is 2.33. The first-order chi connectivity index (χ1) is 9.52. The van der Waals surface area contributed by atoms with Crippen LogP contribution in [0.1, 0.15) is 0 Å². The first-order valence-electron chi connectivity index (χ1n) is 5.28. The molecule has 0 fully saturated rings. The molecule has 9 heteroatoms. The van der Waals surface area contributed by atoms with Gasteiger partial charge in [0.2, 0.25) is 11.0 Å². The van der Waals surface area contributed by atoms with Gasteiger partial charge in [0.15, 0.2) is 0 Å². The molecule has 1 heterocycles. The van der Waals surface area contributed by atoms with E-state index in [1.807, 2.05) is 0 Å². The quantitative estimate of drug-likeness (QED) is 0.510. The van der Waals surface area contributed by atoms with Gasteiger partial charge in [-0.2, -0.15) is 0 Å². The summed E-state index contributed by atoms with van der Waals surface area (Å²) >= 11 is 9.03. The van der Waals surface area contributed by atoms with Crippen molar-refractivity contribution in [1.29, 1.82) is 0 Å². The lowest BCUT2D eigenvalue weighted by Crippen LogP contribution is -2.01. The number of nitro groups is 1. The molecule has 2 aromatic rings. The molecule has 0 aliphatic rings. The Hall–Kier alpha value is -1.93. The second kappa shape index (κ2) is 6.02. The van der Waals surface area contributed by atoms with Gasteiger partial charge in [-0.05, 0) is 28.1 Å². The fraction of sp³-hybridized carbons (Fsp3) is 0.0909. The molecule has 0 bridgehead atoms. The Labute approximate surface area is 127 Å². The standard InChI is InChI=1S/C11H8BrClN4O3/c1-20-8-4-6(2-3-7(8)12)16-11-9(17(18)19)10(13)14-5-15-11/h2-5H,1H3,(H,14,15,16). The van der Waals surface area contributed by atoms with Crippen LogP contribution in [0.5, 0.6) is 5.75 Å². The van der Waals surface area contributed by atoms with Crippen molar-refractivity contribution in [2.75, 3.05) is 12.4 Å². The highest BCUT2D eigenvalue weighted by molar-refractivity contribution is 9.10. The normalized spacial score (nSPS) is 10.2. The van der Waals surface area contributed by atoms with Crippen LogP contribution in [0.4, 0.5) is 17.2 Å². The largest absolute Gasteiger partial charge is 0.495 e. The summed E-state index contributed by atoms with van der Waals surface area (Å²) in [5.74, 6) is 0.595. The van der Waals surface area contributed by atoms with E-state index in [1.165, 1.54) is 7.11 Å². The number of rotatable bonds is 4. The molecular weight excluding hydrogens is 352 g/mol. The van der Waals surface area contributed by atoms with E-state index in [9.17, 15) is 10.1 Å². The van der Waals surface area contributed by atoms with E-state index in [4.69, 9.17) is 16.3 Å². The second-order valence-electron chi connectivity index (χ2n) is 3.59. The molecule has 0 radical (unpaired) electrons. The van der Waals surface area contributed by atoms with Gasteiger partial charge in [-0.3, -0.25) is 10.1 Å². The van der Waals surface area contributed by atoms with Gasteiger partial charge in [0.05, 0.1) is 16.5 Å². The monoisotopic (exact) mass is 358 g/mol. The zero-order valence-corrected chi connectivity index (χ0v) is 12.5. The van der Waals surface area contributed by atoms with Gasteiger partial charge in [0.25, 0.3) is 0 Å². The van der Waals surface area contributed by atoms with E-state index in [-0.39, 0.29) is 16.7 Å². The number of ether oxygens (including phenoxy) is 1. The minimum Gasteiger partial charge on any atom is -0.495 e. The van der Waals surface area contributed by atoms with Crippen LogP contribution in [0, 0.1) is 10.1 Å². The lowest BCUT2D eigenvalue weighted by atomic mass is 10.3. The van der Waals surface area contributed by atoms with Crippen molar-refractivity contribution in [3.63, 3.8) is 0 Å². The zero-order valence-electron chi connectivity index (χ0n) is 10.1. The van der Waals surface area contributed by atoms with Crippen LogP contribution in [0.2, 0.25) is 5.15 Å². The van der Waals surface area contributed by atoms with Crippen LogP contribution in [0.15, 0.2) is 29.0 Å². The molecule has 1 aromatic carbocycles. The summed E-state index contributed by atoms with van der Waals surface area (Å²) < 4.78 is 5.91. The van der Waals surface area contributed by atoms with Crippen LogP contribution >= 0.6 is 27.5 Å². The Bertz CT molecular complexity index is 668. The Kier molecular flexibility index (Phi) is 4.35. The number of nitrogens with zero attached hydrogens (tertiary/aromatic N) is 3. The molecular formula is C11H8BrClN4O3. The number of aromatic nitrogens is 2. The molecule has 0 saturated heterocycles. The predicted molar refractivity (Wildman–Crippen MR) is 77.7 cm³/mol. The molecule has 2 rings (SSSR count). The van der Waals surface area contributed by atoms with E-state index < -0.39 is 4.92 Å². The maximum Gasteiger partial charge on any atom is 0.348 e. The van der Waals surface area contributed by atoms with Crippen molar-refractivity contribution in [1.82, 2.24) is 9.97 Å². The maximum atomic E-state index is 11.0. The number of benzene rings is 1. The molecule has 104 valence electrons. The van der Waals surface area contributed by atoms with E-state index in [0.717, 1.165) is 10.8 Å². The summed E-state index contributed by atoms with van der Waals surface area (Å²) in [5, 5.41) is 13.6. The smallest absolute Gasteiger partial charge is 0.348 e. The number of halogens is 2. The van der Waals surface area contributed by atoms with Gasteiger partial charge in [-0.1, -0.05) is 11.6 Å². The van der Waals surface area contributed by atoms with Gasteiger partial charge in [0.1, 0.15) is 12.1 Å². The molecule has 1 aromatic heterocycles. The molecule has 0 atom stereocenters. The van der Waals surface area contributed by atoms with Gasteiger partial charge in [0, 0.05) is 11.8 Å². The minimum atomic E-state index is -0.638. The highest BCUT2D eigenvalue weighted by Gasteiger charge is 2.21. The summed E-state index contributed by atoms with van der Waals surface area (Å²) in [7, 11) is 1.52. The topological polar surface area (TPSA) is 90.2 Å². The lowest BCUT2D eigenvalue weighted by Gasteiger charge is -2.09. The Morgan fingerprint density at radius 1 is 1.45 bits per heavy atom. The van der Waals surface area contributed by atoms with Gasteiger partial charge < -0.3 is 10.1 Å². The first kappa shape index (κ1) is 14.5. The summed E-state index contributed by atoms with van der Waals surface area (Å²) in [6.45, 7) is 0. The molecule has 0 spiro atoms. The number of hydrogen-bond donors (Lipinski definition) is 1. The fourth-order valence-corrected chi connectivity index (χ4v) is 2.10. The Morgan fingerprint density at radius 3 is 2.85 bits per heavy atom. The van der Waals surface area contributed by atoms with E-state index >= 15 is 0 Å². The van der Waals surface area contributed by atoms with E-state index in [1.54, 1.807) is 18.2 Å². The van der Waals surface area contributed by atoms with E-state index in [2.05, 4.69) is 31.2 Å². The van der Waals surface area contributed by atoms with Crippen molar-refractivity contribution in [3.8, 4) is 5.75 Å². The van der Waals surface area contributed by atoms with Gasteiger partial charge >= 0.3 is 5.69 Å². The molecule has 0 saturated carbocycles. The summed E-state index contributed by atoms with van der Waals surface area (Å²) in [4.78, 5) is 17.8. The molecule has 0 unspecified atom stereocenters. The predicted octanol–water partition coefficient (Wildman–Crippen LogP) is 3.55. The summed E-state index contributed by atoms with van der Waals surface area (Å²) in [5.41, 5.74) is 0.193. The van der Waals surface area contributed by atoms with Crippen molar-refractivity contribution in [2.45, 2.75) is 0 Å². The third-order valence-corrected chi connectivity index (χ3v) is 3.31. The van der Waals surface area contributed by atoms with Gasteiger partial charge in [-0.15, -0.1) is 0 Å². The first-order valence-corrected chi connectivity index (χ1v) is 6.45. The Morgan fingerprint density at radius 2 is 2.20 bits per heavy atom. The molecule has 1 N–H and O–H groups in total. The third kappa shape index (κ3) is 2.97. The third-order valence-electron chi connectivity index (χ3n) is 2.37. The van der Waals surface area contributed by atoms with Crippen molar-refractivity contribution >= 4 is 44.7 Å². The van der Waals surface area contributed by atoms with Crippen molar-refractivity contribution in [2.24, 2.45) is 0 Å². The zero-order chi connectivity index (χ0) is 14.7. The number of nitrogens with one attached hydrogen (secondary N) is 1. The Balaban J connectivity index is 2.40. The fourth-order valence-electron chi connectivity index (χ4n) is 1.48. The lowest BCUT2D eigenvalue weighted by molar-refractivity contribution is -0.384. The minimum absolute atomic E-state index is 0.0133. The SMILES string of the molecule is COc1cc(Nc2ncnc(Cl)c2[N+](=O)[O-])ccc1Br. The van der Waals surface area contributed by atoms with Crippen LogP contribution in [0.3, 0.4) is 0 Å². The molecule has 0 aliphatic carbocycles. The van der Waals surface area contributed by atoms with Crippen LogP contribution in [-0.4, -0.2) is 22.0 Å². The van der Waals surface area contributed by atoms with Crippen molar-refractivity contribution in [3.05, 3.63) is 44.3 Å². The number of methoxy groups -OCH3 is 1. The van der Waals surface area contributed by atoms with E-state index in [0.29, 0.717) is 11.4 Å². The second-order valence-corrected chi connectivity index (χ2v) is 4.81. The maximum absolute atomic E-state index is 11.0. The summed E-state index contributed by atoms with van der Waals surface area (Å²) in [6.07, 6.45) is 1.15. The van der Waals surface area contributed by atoms with Gasteiger partial charge in [-0.25, -0.2) is 9.97 Å². The summed E-state index contributed by atoms with van der Waals surface area (Å²) in [6, 6.07) is 5.13. The average molecular weight is 360 g/mol.